The molecule has 1 aromatic heterocycles. The van der Waals surface area contributed by atoms with E-state index in [0.29, 0.717) is 18.5 Å². The number of fused-ring (bicyclic) bond motifs is 1. The number of nitrogens with zero attached hydrogens (tertiary/aromatic N) is 4. The first-order chi connectivity index (χ1) is 13.4. The Morgan fingerprint density at radius 1 is 1.43 bits per heavy atom. The molecule has 4 rings (SSSR count). The van der Waals surface area contributed by atoms with Crippen molar-refractivity contribution >= 4 is 29.3 Å². The number of hydrogen-bond acceptors (Lipinski definition) is 7. The number of carbonyl (C=O) groups is 2. The third kappa shape index (κ3) is 3.24. The molecule has 2 aromatic rings. The molecule has 3 unspecified atom stereocenters. The molecule has 2 aliphatic rings. The SMILES string of the molecule is CC1(Cn2ccnc2)SC2CC(=O)N2C1C(=O)OCc1ccc([N+](=O)[O-])cc1. The van der Waals surface area contributed by atoms with Crippen LogP contribution in [0.4, 0.5) is 5.69 Å². The smallest absolute Gasteiger partial charge is 0.330 e. The van der Waals surface area contributed by atoms with Gasteiger partial charge in [0.25, 0.3) is 5.69 Å². The molecule has 1 aromatic carbocycles. The number of nitro benzene ring substituents is 1. The lowest BCUT2D eigenvalue weighted by Gasteiger charge is -2.37. The number of benzene rings is 1. The second-order valence-electron chi connectivity index (χ2n) is 7.06. The van der Waals surface area contributed by atoms with Gasteiger partial charge in [0.05, 0.1) is 27.8 Å². The van der Waals surface area contributed by atoms with Gasteiger partial charge in [-0.3, -0.25) is 14.9 Å². The van der Waals surface area contributed by atoms with Crippen LogP contribution in [0.3, 0.4) is 0 Å². The molecular weight excluding hydrogens is 384 g/mol. The summed E-state index contributed by atoms with van der Waals surface area (Å²) in [4.78, 5) is 40.9. The lowest BCUT2D eigenvalue weighted by atomic mass is 9.96. The molecule has 3 atom stereocenters. The number of thioether (sulfide) groups is 1. The number of imidazole rings is 1. The van der Waals surface area contributed by atoms with Crippen molar-refractivity contribution in [1.82, 2.24) is 14.5 Å². The van der Waals surface area contributed by atoms with E-state index in [-0.39, 0.29) is 23.6 Å². The van der Waals surface area contributed by atoms with E-state index in [1.807, 2.05) is 17.7 Å². The number of nitro groups is 1. The zero-order valence-corrected chi connectivity index (χ0v) is 15.9. The van der Waals surface area contributed by atoms with E-state index in [0.717, 1.165) is 0 Å². The number of rotatable bonds is 6. The highest BCUT2D eigenvalue weighted by molar-refractivity contribution is 8.01. The summed E-state index contributed by atoms with van der Waals surface area (Å²) in [5, 5.41) is 10.7. The number of carbonyl (C=O) groups excluding carboxylic acids is 2. The number of esters is 1. The maximum atomic E-state index is 12.9. The summed E-state index contributed by atoms with van der Waals surface area (Å²) in [6, 6.07) is 5.15. The second-order valence-corrected chi connectivity index (χ2v) is 8.77. The molecule has 0 bridgehead atoms. The molecule has 0 radical (unpaired) electrons. The van der Waals surface area contributed by atoms with Gasteiger partial charge in [-0.25, -0.2) is 9.78 Å². The first-order valence-electron chi connectivity index (χ1n) is 8.72. The number of non-ortho nitro benzene ring substituents is 1. The molecule has 0 spiro atoms. The van der Waals surface area contributed by atoms with Crippen LogP contribution in [0.15, 0.2) is 43.0 Å². The summed E-state index contributed by atoms with van der Waals surface area (Å²) in [5.74, 6) is -0.520. The largest absolute Gasteiger partial charge is 0.459 e. The molecule has 3 heterocycles. The van der Waals surface area contributed by atoms with Crippen molar-refractivity contribution in [2.45, 2.75) is 42.7 Å². The van der Waals surface area contributed by atoms with Crippen molar-refractivity contribution in [2.24, 2.45) is 0 Å². The van der Waals surface area contributed by atoms with Gasteiger partial charge in [0.2, 0.25) is 5.91 Å². The first-order valence-corrected chi connectivity index (χ1v) is 9.60. The monoisotopic (exact) mass is 402 g/mol. The Balaban J connectivity index is 1.48. The van der Waals surface area contributed by atoms with Crippen LogP contribution in [0.1, 0.15) is 18.9 Å². The predicted molar refractivity (Wildman–Crippen MR) is 100 cm³/mol. The third-order valence-corrected chi connectivity index (χ3v) is 6.57. The van der Waals surface area contributed by atoms with Gasteiger partial charge in [0.1, 0.15) is 12.6 Å². The normalized spacial score (nSPS) is 25.9. The number of aromatic nitrogens is 2. The maximum Gasteiger partial charge on any atom is 0.330 e. The summed E-state index contributed by atoms with van der Waals surface area (Å²) in [6.07, 6.45) is 5.60. The fourth-order valence-electron chi connectivity index (χ4n) is 3.66. The average molecular weight is 402 g/mol. The van der Waals surface area contributed by atoms with Crippen LogP contribution in [0.2, 0.25) is 0 Å². The highest BCUT2D eigenvalue weighted by Gasteiger charge is 2.61. The standard InChI is InChI=1S/C18H18N4O5S/c1-18(10-20-7-6-19-11-20)16(21-14(23)8-15(21)28-18)17(24)27-9-12-2-4-13(5-3-12)22(25)26/h2-7,11,15-16H,8-10H2,1H3. The zero-order valence-electron chi connectivity index (χ0n) is 15.1. The van der Waals surface area contributed by atoms with E-state index in [1.54, 1.807) is 41.3 Å². The minimum atomic E-state index is -0.691. The van der Waals surface area contributed by atoms with E-state index in [4.69, 9.17) is 4.74 Å². The van der Waals surface area contributed by atoms with E-state index < -0.39 is 21.7 Å². The van der Waals surface area contributed by atoms with Gasteiger partial charge in [-0.1, -0.05) is 0 Å². The highest BCUT2D eigenvalue weighted by atomic mass is 32.2. The molecule has 1 amide bonds. The van der Waals surface area contributed by atoms with Crippen LogP contribution < -0.4 is 0 Å². The van der Waals surface area contributed by atoms with Gasteiger partial charge < -0.3 is 14.2 Å². The van der Waals surface area contributed by atoms with Crippen molar-refractivity contribution in [3.8, 4) is 0 Å². The second kappa shape index (κ2) is 6.93. The van der Waals surface area contributed by atoms with Crippen LogP contribution in [0, 0.1) is 10.1 Å². The molecule has 9 nitrogen and oxygen atoms in total. The fraction of sp³-hybridized carbons (Fsp3) is 0.389. The summed E-state index contributed by atoms with van der Waals surface area (Å²) in [7, 11) is 0. The number of hydrogen-bond donors (Lipinski definition) is 0. The summed E-state index contributed by atoms with van der Waals surface area (Å²) in [6.45, 7) is 2.47. The van der Waals surface area contributed by atoms with Gasteiger partial charge in [0.15, 0.2) is 0 Å². The maximum absolute atomic E-state index is 12.9. The fourth-order valence-corrected chi connectivity index (χ4v) is 5.42. The Kier molecular flexibility index (Phi) is 4.58. The molecule has 2 saturated heterocycles. The van der Waals surface area contributed by atoms with Crippen LogP contribution >= 0.6 is 11.8 Å². The van der Waals surface area contributed by atoms with Gasteiger partial charge in [-0.05, 0) is 24.6 Å². The Bertz CT molecular complexity index is 917. The summed E-state index contributed by atoms with van der Waals surface area (Å²) >= 11 is 1.61. The van der Waals surface area contributed by atoms with Crippen molar-refractivity contribution in [3.05, 3.63) is 58.7 Å². The van der Waals surface area contributed by atoms with Gasteiger partial charge in [0, 0.05) is 31.1 Å². The summed E-state index contributed by atoms with van der Waals surface area (Å²) < 4.78 is 6.84. The first kappa shape index (κ1) is 18.5. The Hall–Kier alpha value is -2.88. The topological polar surface area (TPSA) is 108 Å². The lowest BCUT2D eigenvalue weighted by molar-refractivity contribution is -0.384. The van der Waals surface area contributed by atoms with E-state index in [1.165, 1.54) is 12.1 Å². The Labute approximate surface area is 164 Å². The molecule has 0 aliphatic carbocycles. The summed E-state index contributed by atoms with van der Waals surface area (Å²) in [5.41, 5.74) is 0.622. The molecule has 2 aliphatic heterocycles. The van der Waals surface area contributed by atoms with Crippen LogP contribution in [0.5, 0.6) is 0 Å². The van der Waals surface area contributed by atoms with Crippen molar-refractivity contribution in [1.29, 1.82) is 0 Å². The highest BCUT2D eigenvalue weighted by Crippen LogP contribution is 2.52. The van der Waals surface area contributed by atoms with Crippen molar-refractivity contribution in [2.75, 3.05) is 0 Å². The lowest BCUT2D eigenvalue weighted by Crippen LogP contribution is -2.58. The van der Waals surface area contributed by atoms with E-state index in [2.05, 4.69) is 4.98 Å². The Morgan fingerprint density at radius 3 is 2.79 bits per heavy atom. The van der Waals surface area contributed by atoms with Gasteiger partial charge in [-0.2, -0.15) is 0 Å². The number of β-lactam (4-membered cyclic amide) rings is 1. The minimum absolute atomic E-state index is 0.00809. The Morgan fingerprint density at radius 2 is 2.18 bits per heavy atom. The van der Waals surface area contributed by atoms with Gasteiger partial charge >= 0.3 is 5.97 Å². The van der Waals surface area contributed by atoms with Crippen LogP contribution in [0.25, 0.3) is 0 Å². The molecule has 0 saturated carbocycles. The molecule has 10 heteroatoms. The zero-order chi connectivity index (χ0) is 19.9. The predicted octanol–water partition coefficient (Wildman–Crippen LogP) is 1.97. The van der Waals surface area contributed by atoms with Crippen LogP contribution in [-0.4, -0.2) is 47.4 Å². The average Bonchev–Trinajstić information content (AvgIpc) is 3.24. The minimum Gasteiger partial charge on any atom is -0.459 e. The molecule has 2 fully saturated rings. The van der Waals surface area contributed by atoms with E-state index >= 15 is 0 Å². The van der Waals surface area contributed by atoms with Crippen molar-refractivity contribution in [3.63, 3.8) is 0 Å². The quantitative estimate of drug-likeness (QED) is 0.315. The van der Waals surface area contributed by atoms with E-state index in [9.17, 15) is 19.7 Å². The number of amides is 1. The number of ether oxygens (including phenoxy) is 1. The molecule has 0 N–H and O–H groups in total. The third-order valence-electron chi connectivity index (χ3n) is 5.02. The molecule has 146 valence electrons. The van der Waals surface area contributed by atoms with Crippen molar-refractivity contribution < 1.29 is 19.2 Å². The van der Waals surface area contributed by atoms with Crippen LogP contribution in [-0.2, 0) is 27.5 Å². The molecule has 28 heavy (non-hydrogen) atoms. The van der Waals surface area contributed by atoms with Gasteiger partial charge in [-0.15, -0.1) is 11.8 Å². The molecular formula is C18H18N4O5S.